The van der Waals surface area contributed by atoms with Gasteiger partial charge < -0.3 is 10.0 Å². The van der Waals surface area contributed by atoms with E-state index in [0.29, 0.717) is 0 Å². The summed E-state index contributed by atoms with van der Waals surface area (Å²) in [6, 6.07) is -0.123. The van der Waals surface area contributed by atoms with E-state index in [4.69, 9.17) is 5.11 Å². The number of nitrogens with zero attached hydrogens (tertiary/aromatic N) is 1. The molecular formula is C13H19NO2S. The first-order chi connectivity index (χ1) is 8.15. The van der Waals surface area contributed by atoms with Crippen molar-refractivity contribution in [3.63, 3.8) is 0 Å². The fourth-order valence-electron chi connectivity index (χ4n) is 2.19. The molecule has 1 aliphatic carbocycles. The number of aliphatic hydroxyl groups is 1. The fourth-order valence-corrected chi connectivity index (χ4v) is 3.31. The van der Waals surface area contributed by atoms with Crippen molar-refractivity contribution in [2.45, 2.75) is 38.6 Å². The Balaban J connectivity index is 2.22. The summed E-state index contributed by atoms with van der Waals surface area (Å²) in [5.41, 5.74) is 2.11. The summed E-state index contributed by atoms with van der Waals surface area (Å²) in [5.74, 6) is 0.0472. The number of hydrogen-bond donors (Lipinski definition) is 1. The zero-order valence-electron chi connectivity index (χ0n) is 10.4. The Bertz CT molecular complexity index is 414. The summed E-state index contributed by atoms with van der Waals surface area (Å²) in [6.07, 6.45) is 4.57. The smallest absolute Gasteiger partial charge is 0.255 e. The van der Waals surface area contributed by atoms with Gasteiger partial charge in [0.2, 0.25) is 0 Å². The molecule has 3 nitrogen and oxygen atoms in total. The topological polar surface area (TPSA) is 40.5 Å². The quantitative estimate of drug-likeness (QED) is 0.896. The number of carbonyl (C=O) groups is 1. The van der Waals surface area contributed by atoms with E-state index in [9.17, 15) is 4.79 Å². The third kappa shape index (κ3) is 2.38. The minimum absolute atomic E-state index is 0.00850. The van der Waals surface area contributed by atoms with Gasteiger partial charge in [0.25, 0.3) is 5.91 Å². The Labute approximate surface area is 106 Å². The molecule has 0 saturated carbocycles. The average molecular weight is 253 g/mol. The van der Waals surface area contributed by atoms with Gasteiger partial charge >= 0.3 is 0 Å². The highest BCUT2D eigenvalue weighted by Gasteiger charge is 2.24. The van der Waals surface area contributed by atoms with E-state index in [2.05, 4.69) is 0 Å². The molecule has 1 heterocycles. The van der Waals surface area contributed by atoms with Crippen LogP contribution in [0.15, 0.2) is 5.38 Å². The van der Waals surface area contributed by atoms with Crippen molar-refractivity contribution in [1.29, 1.82) is 0 Å². The number of thiophene rings is 1. The number of aryl methyl sites for hydroxylation is 1. The van der Waals surface area contributed by atoms with Gasteiger partial charge in [0.15, 0.2) is 0 Å². The highest BCUT2D eigenvalue weighted by Crippen LogP contribution is 2.30. The van der Waals surface area contributed by atoms with E-state index in [1.807, 2.05) is 12.3 Å². The molecule has 1 aliphatic rings. The first-order valence-electron chi connectivity index (χ1n) is 6.12. The molecular weight excluding hydrogens is 234 g/mol. The molecule has 94 valence electrons. The number of fused-ring (bicyclic) bond motifs is 1. The minimum Gasteiger partial charge on any atom is -0.394 e. The number of amides is 1. The van der Waals surface area contributed by atoms with Crippen molar-refractivity contribution in [1.82, 2.24) is 4.90 Å². The normalized spacial score (nSPS) is 16.4. The summed E-state index contributed by atoms with van der Waals surface area (Å²) < 4.78 is 0. The lowest BCUT2D eigenvalue weighted by Gasteiger charge is -2.24. The van der Waals surface area contributed by atoms with Crippen LogP contribution >= 0.6 is 11.3 Å². The number of rotatable bonds is 3. The summed E-state index contributed by atoms with van der Waals surface area (Å²) >= 11 is 1.71. The molecule has 1 N–H and O–H groups in total. The van der Waals surface area contributed by atoms with Crippen LogP contribution in [0.3, 0.4) is 0 Å². The van der Waals surface area contributed by atoms with E-state index >= 15 is 0 Å². The maximum atomic E-state index is 12.3. The van der Waals surface area contributed by atoms with Gasteiger partial charge in [0.1, 0.15) is 0 Å². The molecule has 4 heteroatoms. The first-order valence-corrected chi connectivity index (χ1v) is 7.00. The molecule has 2 rings (SSSR count). The number of likely N-dealkylation sites (N-methyl/N-ethyl adjacent to an activating group) is 1. The highest BCUT2D eigenvalue weighted by molar-refractivity contribution is 7.10. The number of hydrogen-bond acceptors (Lipinski definition) is 3. The summed E-state index contributed by atoms with van der Waals surface area (Å²) in [6.45, 7) is 1.87. The van der Waals surface area contributed by atoms with Crippen molar-refractivity contribution >= 4 is 17.2 Å². The van der Waals surface area contributed by atoms with Crippen LogP contribution < -0.4 is 0 Å². The van der Waals surface area contributed by atoms with Crippen molar-refractivity contribution < 1.29 is 9.90 Å². The molecule has 0 aliphatic heterocycles. The Morgan fingerprint density at radius 2 is 2.24 bits per heavy atom. The number of carbonyl (C=O) groups excluding carboxylic acids is 1. The van der Waals surface area contributed by atoms with Gasteiger partial charge in [0.05, 0.1) is 18.2 Å². The zero-order chi connectivity index (χ0) is 12.4. The second-order valence-electron chi connectivity index (χ2n) is 4.71. The van der Waals surface area contributed by atoms with E-state index in [1.165, 1.54) is 23.3 Å². The van der Waals surface area contributed by atoms with Crippen LogP contribution in [0.25, 0.3) is 0 Å². The van der Waals surface area contributed by atoms with E-state index < -0.39 is 0 Å². The molecule has 0 spiro atoms. The maximum Gasteiger partial charge on any atom is 0.255 e. The Hall–Kier alpha value is -0.870. The fraction of sp³-hybridized carbons (Fsp3) is 0.615. The lowest BCUT2D eigenvalue weighted by atomic mass is 9.95. The van der Waals surface area contributed by atoms with Crippen molar-refractivity contribution in [2.75, 3.05) is 13.7 Å². The monoisotopic (exact) mass is 253 g/mol. The van der Waals surface area contributed by atoms with Crippen LogP contribution in [0, 0.1) is 0 Å². The molecule has 1 unspecified atom stereocenters. The lowest BCUT2D eigenvalue weighted by Crippen LogP contribution is -2.37. The third-order valence-electron chi connectivity index (χ3n) is 3.54. The van der Waals surface area contributed by atoms with Gasteiger partial charge in [-0.25, -0.2) is 0 Å². The Morgan fingerprint density at radius 3 is 2.94 bits per heavy atom. The molecule has 0 fully saturated rings. The van der Waals surface area contributed by atoms with Gasteiger partial charge in [0, 0.05) is 17.3 Å². The third-order valence-corrected chi connectivity index (χ3v) is 4.63. The minimum atomic E-state index is -0.123. The Kier molecular flexibility index (Phi) is 3.84. The standard InChI is InChI=1S/C13H19NO2S/c1-9(7-15)14(2)13(16)11-8-17-12-6-4-3-5-10(11)12/h8-9,15H,3-7H2,1-2H3. The van der Waals surface area contributed by atoms with Crippen molar-refractivity contribution in [3.8, 4) is 0 Å². The molecule has 0 bridgehead atoms. The number of aliphatic hydroxyl groups excluding tert-OH is 1. The van der Waals surface area contributed by atoms with Gasteiger partial charge in [-0.2, -0.15) is 0 Å². The van der Waals surface area contributed by atoms with Crippen LogP contribution in [0.4, 0.5) is 0 Å². The van der Waals surface area contributed by atoms with Gasteiger partial charge in [-0.1, -0.05) is 0 Å². The summed E-state index contributed by atoms with van der Waals surface area (Å²) in [7, 11) is 1.76. The van der Waals surface area contributed by atoms with E-state index in [-0.39, 0.29) is 18.6 Å². The predicted octanol–water partition coefficient (Wildman–Crippen LogP) is 2.08. The van der Waals surface area contributed by atoms with Crippen molar-refractivity contribution in [2.24, 2.45) is 0 Å². The zero-order valence-corrected chi connectivity index (χ0v) is 11.2. The van der Waals surface area contributed by atoms with Crippen LogP contribution in [0.2, 0.25) is 0 Å². The highest BCUT2D eigenvalue weighted by atomic mass is 32.1. The molecule has 0 saturated heterocycles. The lowest BCUT2D eigenvalue weighted by molar-refractivity contribution is 0.0681. The summed E-state index contributed by atoms with van der Waals surface area (Å²) in [4.78, 5) is 15.3. The van der Waals surface area contributed by atoms with E-state index in [1.54, 1.807) is 23.3 Å². The SMILES string of the molecule is CC(CO)N(C)C(=O)c1csc2c1CCCC2. The molecule has 0 aromatic carbocycles. The molecule has 1 aromatic heterocycles. The van der Waals surface area contributed by atoms with Crippen LogP contribution in [0.5, 0.6) is 0 Å². The molecule has 17 heavy (non-hydrogen) atoms. The molecule has 1 atom stereocenters. The first kappa shape index (κ1) is 12.6. The largest absolute Gasteiger partial charge is 0.394 e. The molecule has 0 radical (unpaired) electrons. The average Bonchev–Trinajstić information content (AvgIpc) is 2.79. The predicted molar refractivity (Wildman–Crippen MR) is 69.6 cm³/mol. The van der Waals surface area contributed by atoms with Gasteiger partial charge in [-0.05, 0) is 38.2 Å². The Morgan fingerprint density at radius 1 is 1.53 bits per heavy atom. The molecule has 1 aromatic rings. The van der Waals surface area contributed by atoms with E-state index in [0.717, 1.165) is 18.4 Å². The molecule has 1 amide bonds. The van der Waals surface area contributed by atoms with Crippen molar-refractivity contribution in [3.05, 3.63) is 21.4 Å². The second kappa shape index (κ2) is 5.19. The van der Waals surface area contributed by atoms with Crippen LogP contribution in [-0.2, 0) is 12.8 Å². The second-order valence-corrected chi connectivity index (χ2v) is 5.67. The van der Waals surface area contributed by atoms with Gasteiger partial charge in [-0.15, -0.1) is 11.3 Å². The van der Waals surface area contributed by atoms with Gasteiger partial charge in [-0.3, -0.25) is 4.79 Å². The van der Waals surface area contributed by atoms with Crippen LogP contribution in [-0.4, -0.2) is 35.6 Å². The summed E-state index contributed by atoms with van der Waals surface area (Å²) in [5, 5.41) is 11.1. The van der Waals surface area contributed by atoms with Crippen LogP contribution in [0.1, 0.15) is 40.6 Å². The maximum absolute atomic E-state index is 12.3.